The van der Waals surface area contributed by atoms with E-state index in [1.165, 1.54) is 11.3 Å². The van der Waals surface area contributed by atoms with Gasteiger partial charge in [-0.05, 0) is 49.2 Å². The topological polar surface area (TPSA) is 87.3 Å². The minimum absolute atomic E-state index is 0.0222. The van der Waals surface area contributed by atoms with E-state index in [4.69, 9.17) is 0 Å². The van der Waals surface area contributed by atoms with Crippen molar-refractivity contribution in [3.63, 3.8) is 0 Å². The summed E-state index contributed by atoms with van der Waals surface area (Å²) in [5.41, 5.74) is 4.51. The fourth-order valence-corrected chi connectivity index (χ4v) is 3.30. The summed E-state index contributed by atoms with van der Waals surface area (Å²) < 4.78 is 37.5. The molecule has 0 bridgehead atoms. The maximum absolute atomic E-state index is 12.5. The number of amides is 3. The Balaban J connectivity index is 1.81. The Kier molecular flexibility index (Phi) is 6.79. The highest BCUT2D eigenvalue weighted by Crippen LogP contribution is 2.29. The third-order valence-electron chi connectivity index (χ3n) is 3.76. The lowest BCUT2D eigenvalue weighted by atomic mass is 10.1. The molecule has 1 aromatic carbocycles. The first-order valence-electron chi connectivity index (χ1n) is 8.25. The largest absolute Gasteiger partial charge is 0.416 e. The van der Waals surface area contributed by atoms with Gasteiger partial charge in [0.1, 0.15) is 0 Å². The number of hydrogen-bond donors (Lipinski definition) is 3. The molecule has 0 atom stereocenters. The van der Waals surface area contributed by atoms with E-state index in [2.05, 4.69) is 16.2 Å². The van der Waals surface area contributed by atoms with Crippen molar-refractivity contribution in [2.24, 2.45) is 0 Å². The van der Waals surface area contributed by atoms with E-state index in [-0.39, 0.29) is 5.56 Å². The fraction of sp³-hybridized carbons (Fsp3) is 0.278. The molecule has 1 heterocycles. The molecule has 0 spiro atoms. The molecular formula is C18H18F3N3O3S. The highest BCUT2D eigenvalue weighted by Gasteiger charge is 2.30. The highest BCUT2D eigenvalue weighted by atomic mass is 32.1. The number of hydrazine groups is 1. The lowest BCUT2D eigenvalue weighted by Gasteiger charge is -2.09. The van der Waals surface area contributed by atoms with Gasteiger partial charge in [-0.1, -0.05) is 6.92 Å². The van der Waals surface area contributed by atoms with Gasteiger partial charge in [0.05, 0.1) is 17.0 Å². The van der Waals surface area contributed by atoms with Crippen LogP contribution in [0.25, 0.3) is 0 Å². The van der Waals surface area contributed by atoms with Crippen molar-refractivity contribution in [1.29, 1.82) is 0 Å². The van der Waals surface area contributed by atoms with E-state index in [9.17, 15) is 27.6 Å². The Morgan fingerprint density at radius 3 is 2.21 bits per heavy atom. The normalized spacial score (nSPS) is 11.0. The molecular weight excluding hydrogens is 395 g/mol. The monoisotopic (exact) mass is 413 g/mol. The van der Waals surface area contributed by atoms with Gasteiger partial charge >= 0.3 is 6.18 Å². The van der Waals surface area contributed by atoms with Crippen LogP contribution >= 0.6 is 11.3 Å². The molecule has 150 valence electrons. The van der Waals surface area contributed by atoms with Gasteiger partial charge in [0.25, 0.3) is 17.7 Å². The van der Waals surface area contributed by atoms with Crippen LogP contribution in [0.1, 0.15) is 43.0 Å². The van der Waals surface area contributed by atoms with Gasteiger partial charge in [0.15, 0.2) is 0 Å². The number of benzene rings is 1. The predicted molar refractivity (Wildman–Crippen MR) is 97.8 cm³/mol. The molecule has 0 fully saturated rings. The van der Waals surface area contributed by atoms with Crippen LogP contribution < -0.4 is 16.2 Å². The van der Waals surface area contributed by atoms with Gasteiger partial charge in [-0.3, -0.25) is 25.2 Å². The van der Waals surface area contributed by atoms with Crippen molar-refractivity contribution >= 4 is 29.1 Å². The molecule has 3 N–H and O–H groups in total. The molecule has 0 unspecified atom stereocenters. The van der Waals surface area contributed by atoms with Gasteiger partial charge in [0.2, 0.25) is 0 Å². The number of carbonyl (C=O) groups is 3. The first kappa shape index (κ1) is 21.4. The summed E-state index contributed by atoms with van der Waals surface area (Å²) >= 11 is 1.32. The van der Waals surface area contributed by atoms with Crippen LogP contribution in [-0.2, 0) is 17.4 Å². The summed E-state index contributed by atoms with van der Waals surface area (Å²) in [7, 11) is 0. The average Bonchev–Trinajstić information content (AvgIpc) is 3.04. The Bertz CT molecular complexity index is 876. The van der Waals surface area contributed by atoms with Gasteiger partial charge in [0, 0.05) is 10.4 Å². The zero-order valence-corrected chi connectivity index (χ0v) is 15.9. The Labute approximate surface area is 163 Å². The van der Waals surface area contributed by atoms with Crippen molar-refractivity contribution in [2.75, 3.05) is 6.54 Å². The summed E-state index contributed by atoms with van der Waals surface area (Å²) in [5.74, 6) is -1.87. The molecule has 0 aliphatic carbocycles. The maximum Gasteiger partial charge on any atom is 0.416 e. The molecule has 0 saturated carbocycles. The summed E-state index contributed by atoms with van der Waals surface area (Å²) in [4.78, 5) is 37.2. The molecule has 0 radical (unpaired) electrons. The van der Waals surface area contributed by atoms with Gasteiger partial charge < -0.3 is 5.32 Å². The third kappa shape index (κ3) is 5.56. The van der Waals surface area contributed by atoms with Gasteiger partial charge in [-0.25, -0.2) is 0 Å². The van der Waals surface area contributed by atoms with Crippen molar-refractivity contribution in [3.8, 4) is 0 Å². The number of halogens is 3. The van der Waals surface area contributed by atoms with Crippen LogP contribution in [0, 0.1) is 6.92 Å². The second-order valence-corrected chi connectivity index (χ2v) is 6.97. The zero-order valence-electron chi connectivity index (χ0n) is 15.1. The molecule has 3 amide bonds. The zero-order chi connectivity index (χ0) is 20.9. The smallest absolute Gasteiger partial charge is 0.343 e. The number of nitrogens with one attached hydrogen (secondary N) is 3. The molecule has 1 aromatic heterocycles. The maximum atomic E-state index is 12.5. The minimum Gasteiger partial charge on any atom is -0.343 e. The highest BCUT2D eigenvalue weighted by molar-refractivity contribution is 7.14. The van der Waals surface area contributed by atoms with Crippen LogP contribution in [0.2, 0.25) is 0 Å². The molecule has 10 heteroatoms. The lowest BCUT2D eigenvalue weighted by molar-refractivity contribution is -0.137. The quantitative estimate of drug-likeness (QED) is 0.659. The molecule has 0 saturated heterocycles. The Hall–Kier alpha value is -2.88. The summed E-state index contributed by atoms with van der Waals surface area (Å²) in [6.07, 6.45) is -3.70. The molecule has 2 aromatic rings. The third-order valence-corrected chi connectivity index (χ3v) is 5.15. The van der Waals surface area contributed by atoms with Gasteiger partial charge in [-0.2, -0.15) is 13.2 Å². The van der Waals surface area contributed by atoms with Crippen LogP contribution in [0.3, 0.4) is 0 Å². The molecule has 6 nitrogen and oxygen atoms in total. The first-order valence-corrected chi connectivity index (χ1v) is 9.07. The SMILES string of the molecule is CCc1sc(C(=O)NNC(=O)CNC(=O)c2ccc(C(F)(F)F)cc2)cc1C. The first-order chi connectivity index (χ1) is 13.1. The molecule has 2 rings (SSSR count). The predicted octanol–water partition coefficient (Wildman–Crippen LogP) is 2.83. The van der Waals surface area contributed by atoms with E-state index >= 15 is 0 Å². The average molecular weight is 413 g/mol. The number of thiophene rings is 1. The van der Waals surface area contributed by atoms with Crippen LogP contribution in [-0.4, -0.2) is 24.3 Å². The molecule has 0 aliphatic heterocycles. The van der Waals surface area contributed by atoms with Crippen LogP contribution in [0.15, 0.2) is 30.3 Å². The van der Waals surface area contributed by atoms with Crippen molar-refractivity contribution in [1.82, 2.24) is 16.2 Å². The van der Waals surface area contributed by atoms with E-state index in [0.717, 1.165) is 41.1 Å². The van der Waals surface area contributed by atoms with Crippen molar-refractivity contribution < 1.29 is 27.6 Å². The molecule has 0 aliphatic rings. The standard InChI is InChI=1S/C18H18F3N3O3S/c1-3-13-10(2)8-14(28-13)17(27)24-23-15(25)9-22-16(26)11-4-6-12(7-5-11)18(19,20)21/h4-8H,3,9H2,1-2H3,(H,22,26)(H,23,25)(H,24,27). The number of aryl methyl sites for hydroxylation is 2. The van der Waals surface area contributed by atoms with Gasteiger partial charge in [-0.15, -0.1) is 11.3 Å². The second kappa shape index (κ2) is 8.87. The van der Waals surface area contributed by atoms with E-state index in [1.54, 1.807) is 6.07 Å². The van der Waals surface area contributed by atoms with Crippen LogP contribution in [0.4, 0.5) is 13.2 Å². The molecule has 28 heavy (non-hydrogen) atoms. The second-order valence-electron chi connectivity index (χ2n) is 5.83. The lowest BCUT2D eigenvalue weighted by Crippen LogP contribution is -2.46. The fourth-order valence-electron chi connectivity index (χ4n) is 2.29. The van der Waals surface area contributed by atoms with Crippen LogP contribution in [0.5, 0.6) is 0 Å². The van der Waals surface area contributed by atoms with E-state index in [0.29, 0.717) is 4.88 Å². The summed E-state index contributed by atoms with van der Waals surface area (Å²) in [6.45, 7) is 3.41. The number of hydrogen-bond acceptors (Lipinski definition) is 4. The minimum atomic E-state index is -4.49. The summed E-state index contributed by atoms with van der Waals surface area (Å²) in [6, 6.07) is 5.31. The number of rotatable bonds is 5. The Morgan fingerprint density at radius 1 is 1.04 bits per heavy atom. The van der Waals surface area contributed by atoms with E-state index in [1.807, 2.05) is 13.8 Å². The number of alkyl halides is 3. The summed E-state index contributed by atoms with van der Waals surface area (Å²) in [5, 5.41) is 2.26. The van der Waals surface area contributed by atoms with E-state index < -0.39 is 36.0 Å². The Morgan fingerprint density at radius 2 is 1.68 bits per heavy atom. The van der Waals surface area contributed by atoms with Crippen molar-refractivity contribution in [3.05, 3.63) is 56.8 Å². The number of carbonyl (C=O) groups excluding carboxylic acids is 3. The van der Waals surface area contributed by atoms with Crippen molar-refractivity contribution in [2.45, 2.75) is 26.4 Å².